The number of nitrogens with zero attached hydrogens (tertiary/aromatic N) is 1. The molecule has 0 heterocycles. The molecule has 1 atom stereocenters. The molecule has 0 aromatic heterocycles. The summed E-state index contributed by atoms with van der Waals surface area (Å²) in [6.07, 6.45) is 1.74. The van der Waals surface area contributed by atoms with Crippen LogP contribution in [0, 0.1) is 5.92 Å². The van der Waals surface area contributed by atoms with Crippen molar-refractivity contribution in [3.8, 4) is 0 Å². The molecule has 1 amide bonds. The van der Waals surface area contributed by atoms with Crippen molar-refractivity contribution < 1.29 is 4.79 Å². The van der Waals surface area contributed by atoms with Crippen molar-refractivity contribution in [3.05, 3.63) is 0 Å². The first-order valence-electron chi connectivity index (χ1n) is 4.99. The summed E-state index contributed by atoms with van der Waals surface area (Å²) in [7, 11) is 1.82. The molecular formula is C10H22N2O. The van der Waals surface area contributed by atoms with Gasteiger partial charge >= 0.3 is 0 Å². The zero-order chi connectivity index (χ0) is 10.4. The highest BCUT2D eigenvalue weighted by Crippen LogP contribution is 2.01. The average Bonchev–Trinajstić information content (AvgIpc) is 2.02. The number of carbonyl (C=O) groups is 1. The summed E-state index contributed by atoms with van der Waals surface area (Å²) in [5.74, 6) is 0.568. The quantitative estimate of drug-likeness (QED) is 0.702. The molecule has 13 heavy (non-hydrogen) atoms. The first kappa shape index (κ1) is 12.4. The van der Waals surface area contributed by atoms with Crippen molar-refractivity contribution in [2.75, 3.05) is 13.6 Å². The van der Waals surface area contributed by atoms with Crippen LogP contribution < -0.4 is 5.73 Å². The molecule has 0 aromatic rings. The van der Waals surface area contributed by atoms with Gasteiger partial charge in [0.2, 0.25) is 5.91 Å². The van der Waals surface area contributed by atoms with E-state index >= 15 is 0 Å². The van der Waals surface area contributed by atoms with Crippen LogP contribution in [0.25, 0.3) is 0 Å². The van der Waals surface area contributed by atoms with E-state index < -0.39 is 0 Å². The molecule has 0 bridgehead atoms. The maximum atomic E-state index is 11.6. The zero-order valence-corrected chi connectivity index (χ0v) is 9.21. The van der Waals surface area contributed by atoms with E-state index in [0.29, 0.717) is 5.92 Å². The fourth-order valence-electron chi connectivity index (χ4n) is 1.36. The molecule has 0 fully saturated rings. The van der Waals surface area contributed by atoms with E-state index in [2.05, 4.69) is 13.8 Å². The Labute approximate surface area is 81.3 Å². The number of hydrogen-bond donors (Lipinski definition) is 1. The molecule has 2 N–H and O–H groups in total. The molecule has 3 heteroatoms. The van der Waals surface area contributed by atoms with E-state index in [-0.39, 0.29) is 11.9 Å². The lowest BCUT2D eigenvalue weighted by molar-refractivity contribution is -0.131. The molecular weight excluding hydrogens is 164 g/mol. The summed E-state index contributed by atoms with van der Waals surface area (Å²) in [6, 6.07) is -0.311. The van der Waals surface area contributed by atoms with Crippen LogP contribution in [0.3, 0.4) is 0 Å². The van der Waals surface area contributed by atoms with Crippen LogP contribution in [-0.4, -0.2) is 30.4 Å². The standard InChI is InChI=1S/C10H22N2O/c1-5-6-9(11)10(13)12(4)7-8(2)3/h8-9H,5-7,11H2,1-4H3/t9-/m0/s1. The summed E-state index contributed by atoms with van der Waals surface area (Å²) in [4.78, 5) is 13.3. The summed E-state index contributed by atoms with van der Waals surface area (Å²) >= 11 is 0. The topological polar surface area (TPSA) is 46.3 Å². The molecule has 0 saturated heterocycles. The highest BCUT2D eigenvalue weighted by atomic mass is 16.2. The third kappa shape index (κ3) is 4.88. The summed E-state index contributed by atoms with van der Waals surface area (Å²) in [6.45, 7) is 7.01. The second-order valence-electron chi connectivity index (χ2n) is 4.01. The van der Waals surface area contributed by atoms with Crippen molar-refractivity contribution in [1.29, 1.82) is 0 Å². The lowest BCUT2D eigenvalue weighted by atomic mass is 10.1. The van der Waals surface area contributed by atoms with Gasteiger partial charge in [-0.1, -0.05) is 27.2 Å². The Morgan fingerprint density at radius 1 is 1.46 bits per heavy atom. The lowest BCUT2D eigenvalue weighted by Gasteiger charge is -2.22. The van der Waals surface area contributed by atoms with Gasteiger partial charge in [-0.15, -0.1) is 0 Å². The molecule has 0 radical (unpaired) electrons. The number of nitrogens with two attached hydrogens (primary N) is 1. The van der Waals surface area contributed by atoms with E-state index in [1.807, 2.05) is 14.0 Å². The molecule has 0 unspecified atom stereocenters. The fourth-order valence-corrected chi connectivity index (χ4v) is 1.36. The minimum absolute atomic E-state index is 0.0653. The van der Waals surface area contributed by atoms with Crippen LogP contribution in [0.1, 0.15) is 33.6 Å². The molecule has 0 rings (SSSR count). The summed E-state index contributed by atoms with van der Waals surface area (Å²) in [5, 5.41) is 0. The smallest absolute Gasteiger partial charge is 0.239 e. The third-order valence-electron chi connectivity index (χ3n) is 1.93. The van der Waals surface area contributed by atoms with E-state index in [1.165, 1.54) is 0 Å². The SMILES string of the molecule is CCC[C@H](N)C(=O)N(C)CC(C)C. The minimum atomic E-state index is -0.311. The van der Waals surface area contributed by atoms with Crippen LogP contribution in [0.15, 0.2) is 0 Å². The zero-order valence-electron chi connectivity index (χ0n) is 9.21. The number of hydrogen-bond acceptors (Lipinski definition) is 2. The normalized spacial score (nSPS) is 13.1. The Bertz CT molecular complexity index is 157. The number of amides is 1. The van der Waals surface area contributed by atoms with Gasteiger partial charge in [0, 0.05) is 13.6 Å². The first-order valence-corrected chi connectivity index (χ1v) is 4.99. The predicted molar refractivity (Wildman–Crippen MR) is 55.4 cm³/mol. The van der Waals surface area contributed by atoms with Crippen LogP contribution in [-0.2, 0) is 4.79 Å². The third-order valence-corrected chi connectivity index (χ3v) is 1.93. The van der Waals surface area contributed by atoms with Crippen molar-refractivity contribution in [2.24, 2.45) is 11.7 Å². The Morgan fingerprint density at radius 2 is 2.00 bits per heavy atom. The van der Waals surface area contributed by atoms with Gasteiger partial charge in [0.15, 0.2) is 0 Å². The monoisotopic (exact) mass is 186 g/mol. The second kappa shape index (κ2) is 5.97. The second-order valence-corrected chi connectivity index (χ2v) is 4.01. The Balaban J connectivity index is 3.94. The van der Waals surface area contributed by atoms with E-state index in [1.54, 1.807) is 4.90 Å². The van der Waals surface area contributed by atoms with Crippen molar-refractivity contribution in [3.63, 3.8) is 0 Å². The molecule has 0 saturated carbocycles. The molecule has 0 aliphatic carbocycles. The number of carbonyl (C=O) groups excluding carboxylic acids is 1. The maximum absolute atomic E-state index is 11.6. The maximum Gasteiger partial charge on any atom is 0.239 e. The van der Waals surface area contributed by atoms with Gasteiger partial charge in [0.25, 0.3) is 0 Å². The Morgan fingerprint density at radius 3 is 2.38 bits per heavy atom. The number of likely N-dealkylation sites (N-methyl/N-ethyl adjacent to an activating group) is 1. The van der Waals surface area contributed by atoms with Gasteiger partial charge in [-0.2, -0.15) is 0 Å². The Hall–Kier alpha value is -0.570. The number of rotatable bonds is 5. The average molecular weight is 186 g/mol. The van der Waals surface area contributed by atoms with Crippen molar-refractivity contribution in [2.45, 2.75) is 39.7 Å². The van der Waals surface area contributed by atoms with Gasteiger partial charge in [0.05, 0.1) is 6.04 Å². The molecule has 78 valence electrons. The predicted octanol–water partition coefficient (Wildman–Crippen LogP) is 1.23. The first-order chi connectivity index (χ1) is 5.99. The molecule has 0 aliphatic heterocycles. The van der Waals surface area contributed by atoms with Crippen LogP contribution in [0.4, 0.5) is 0 Å². The summed E-state index contributed by atoms with van der Waals surface area (Å²) in [5.41, 5.74) is 5.71. The van der Waals surface area contributed by atoms with Gasteiger partial charge in [-0.05, 0) is 12.3 Å². The van der Waals surface area contributed by atoms with Crippen LogP contribution >= 0.6 is 0 Å². The minimum Gasteiger partial charge on any atom is -0.344 e. The van der Waals surface area contributed by atoms with Gasteiger partial charge < -0.3 is 10.6 Å². The van der Waals surface area contributed by atoms with E-state index in [9.17, 15) is 4.79 Å². The fraction of sp³-hybridized carbons (Fsp3) is 0.900. The van der Waals surface area contributed by atoms with Gasteiger partial charge in [0.1, 0.15) is 0 Å². The Kier molecular flexibility index (Phi) is 5.71. The van der Waals surface area contributed by atoms with Gasteiger partial charge in [-0.3, -0.25) is 4.79 Å². The molecule has 0 aliphatic rings. The van der Waals surface area contributed by atoms with Crippen LogP contribution in [0.5, 0.6) is 0 Å². The highest BCUT2D eigenvalue weighted by molar-refractivity contribution is 5.81. The largest absolute Gasteiger partial charge is 0.344 e. The van der Waals surface area contributed by atoms with E-state index in [0.717, 1.165) is 19.4 Å². The van der Waals surface area contributed by atoms with Crippen molar-refractivity contribution in [1.82, 2.24) is 4.90 Å². The van der Waals surface area contributed by atoms with Gasteiger partial charge in [-0.25, -0.2) is 0 Å². The lowest BCUT2D eigenvalue weighted by Crippen LogP contribution is -2.42. The molecule has 0 aromatic carbocycles. The van der Waals surface area contributed by atoms with Crippen molar-refractivity contribution >= 4 is 5.91 Å². The van der Waals surface area contributed by atoms with Crippen LogP contribution in [0.2, 0.25) is 0 Å². The summed E-state index contributed by atoms with van der Waals surface area (Å²) < 4.78 is 0. The molecule has 0 spiro atoms. The molecule has 3 nitrogen and oxygen atoms in total. The highest BCUT2D eigenvalue weighted by Gasteiger charge is 2.17. The van der Waals surface area contributed by atoms with E-state index in [4.69, 9.17) is 5.73 Å².